The van der Waals surface area contributed by atoms with Gasteiger partial charge in [0, 0.05) is 29.6 Å². The van der Waals surface area contributed by atoms with E-state index >= 15 is 0 Å². The molecule has 6 N–H and O–H groups in total. The van der Waals surface area contributed by atoms with Gasteiger partial charge < -0.3 is 26.1 Å². The molecule has 7 nitrogen and oxygen atoms in total. The number of hydrogen-bond donors (Lipinski definition) is 4. The van der Waals surface area contributed by atoms with E-state index in [-0.39, 0.29) is 41.2 Å². The predicted octanol–water partition coefficient (Wildman–Crippen LogP) is 3.50. The number of hydrogen-bond acceptors (Lipinski definition) is 6. The summed E-state index contributed by atoms with van der Waals surface area (Å²) >= 11 is 0. The standard InChI is InChI=1S/C24H22N2O5/c1-11-7-15(16(24(29)30)8-12(11)2)21-13-3-5-19(27)17(9-25)22(13)31-23-14(21)4-6-20(28)18(23)10-26/h3-8,27H,9-10,25-26H2,1-2H3,(H,29,30). The van der Waals surface area contributed by atoms with Crippen molar-refractivity contribution in [1.82, 2.24) is 0 Å². The van der Waals surface area contributed by atoms with E-state index in [1.54, 1.807) is 18.2 Å². The summed E-state index contributed by atoms with van der Waals surface area (Å²) in [6.45, 7) is 3.69. The van der Waals surface area contributed by atoms with E-state index in [1.165, 1.54) is 12.1 Å². The molecule has 0 amide bonds. The molecular formula is C24H22N2O5. The second-order valence-electron chi connectivity index (χ2n) is 7.53. The molecule has 0 fully saturated rings. The van der Waals surface area contributed by atoms with Crippen molar-refractivity contribution in [2.75, 3.05) is 0 Å². The monoisotopic (exact) mass is 418 g/mol. The number of aromatic hydroxyl groups is 1. The third-order valence-electron chi connectivity index (χ3n) is 5.74. The summed E-state index contributed by atoms with van der Waals surface area (Å²) < 4.78 is 6.10. The number of phenols is 1. The predicted molar refractivity (Wildman–Crippen MR) is 118 cm³/mol. The minimum absolute atomic E-state index is 0.00857. The van der Waals surface area contributed by atoms with Gasteiger partial charge in [0.05, 0.1) is 16.7 Å². The second-order valence-corrected chi connectivity index (χ2v) is 7.53. The highest BCUT2D eigenvalue weighted by Crippen LogP contribution is 2.44. The molecule has 1 heterocycles. The normalized spacial score (nSPS) is 11.4. The Morgan fingerprint density at radius 2 is 1.65 bits per heavy atom. The number of carboxylic acid groups (broad SMARTS) is 1. The molecule has 2 aromatic rings. The minimum atomic E-state index is -1.07. The SMILES string of the molecule is Cc1cc(C(=O)O)c(-c2c3ccc(=O)c(CN)c-3oc3c(CN)c(O)ccc23)cc1C. The summed E-state index contributed by atoms with van der Waals surface area (Å²) in [5.74, 6) is -0.861. The first-order chi connectivity index (χ1) is 14.8. The molecule has 31 heavy (non-hydrogen) atoms. The summed E-state index contributed by atoms with van der Waals surface area (Å²) in [5, 5.41) is 20.8. The Labute approximate surface area is 177 Å². The number of aryl methyl sites for hydroxylation is 2. The van der Waals surface area contributed by atoms with Gasteiger partial charge in [-0.3, -0.25) is 4.79 Å². The molecule has 0 saturated carbocycles. The van der Waals surface area contributed by atoms with Crippen LogP contribution in [0, 0.1) is 13.8 Å². The molecule has 2 aromatic carbocycles. The van der Waals surface area contributed by atoms with E-state index in [0.717, 1.165) is 11.1 Å². The summed E-state index contributed by atoms with van der Waals surface area (Å²) in [6, 6.07) is 9.63. The highest BCUT2D eigenvalue weighted by molar-refractivity contribution is 6.08. The first-order valence-electron chi connectivity index (χ1n) is 9.76. The lowest BCUT2D eigenvalue weighted by Crippen LogP contribution is -2.15. The van der Waals surface area contributed by atoms with Crippen molar-refractivity contribution in [2.24, 2.45) is 11.5 Å². The van der Waals surface area contributed by atoms with Crippen molar-refractivity contribution >= 4 is 16.9 Å². The number of carboxylic acids is 1. The van der Waals surface area contributed by atoms with Crippen molar-refractivity contribution in [3.8, 4) is 28.2 Å². The van der Waals surface area contributed by atoms with Gasteiger partial charge in [-0.2, -0.15) is 0 Å². The maximum atomic E-state index is 12.4. The fourth-order valence-corrected chi connectivity index (χ4v) is 3.98. The molecule has 0 unspecified atom stereocenters. The lowest BCUT2D eigenvalue weighted by molar-refractivity contribution is 0.0697. The lowest BCUT2D eigenvalue weighted by Gasteiger charge is -2.20. The van der Waals surface area contributed by atoms with Crippen molar-refractivity contribution in [1.29, 1.82) is 0 Å². The topological polar surface area (TPSA) is 140 Å². The van der Waals surface area contributed by atoms with Crippen LogP contribution in [-0.4, -0.2) is 16.2 Å². The van der Waals surface area contributed by atoms with Gasteiger partial charge in [-0.25, -0.2) is 4.79 Å². The maximum Gasteiger partial charge on any atom is 0.336 e. The average molecular weight is 418 g/mol. The third kappa shape index (κ3) is 3.15. The van der Waals surface area contributed by atoms with Gasteiger partial charge in [-0.15, -0.1) is 0 Å². The van der Waals surface area contributed by atoms with Crippen LogP contribution in [0.2, 0.25) is 0 Å². The first-order valence-corrected chi connectivity index (χ1v) is 9.76. The number of phenolic OH excluding ortho intramolecular Hbond substituents is 1. The van der Waals surface area contributed by atoms with E-state index in [1.807, 2.05) is 19.9 Å². The number of carbonyl (C=O) groups is 1. The Bertz CT molecular complexity index is 1390. The Balaban J connectivity index is 2.30. The largest absolute Gasteiger partial charge is 0.507 e. The van der Waals surface area contributed by atoms with Gasteiger partial charge in [0.25, 0.3) is 0 Å². The molecule has 0 bridgehead atoms. The van der Waals surface area contributed by atoms with Gasteiger partial charge in [-0.1, -0.05) is 6.07 Å². The molecule has 4 rings (SSSR count). The van der Waals surface area contributed by atoms with Gasteiger partial charge in [0.2, 0.25) is 0 Å². The maximum absolute atomic E-state index is 12.4. The highest BCUT2D eigenvalue weighted by atomic mass is 16.4. The zero-order chi connectivity index (χ0) is 22.4. The van der Waals surface area contributed by atoms with E-state index in [0.29, 0.717) is 33.2 Å². The molecular weight excluding hydrogens is 396 g/mol. The van der Waals surface area contributed by atoms with E-state index < -0.39 is 5.97 Å². The summed E-state index contributed by atoms with van der Waals surface area (Å²) in [7, 11) is 0. The van der Waals surface area contributed by atoms with E-state index in [4.69, 9.17) is 15.9 Å². The zero-order valence-electron chi connectivity index (χ0n) is 17.2. The molecule has 0 saturated heterocycles. The third-order valence-corrected chi connectivity index (χ3v) is 5.74. The van der Waals surface area contributed by atoms with Crippen LogP contribution >= 0.6 is 0 Å². The molecule has 0 aromatic heterocycles. The molecule has 7 heteroatoms. The highest BCUT2D eigenvalue weighted by Gasteiger charge is 2.26. The van der Waals surface area contributed by atoms with Crippen molar-refractivity contribution in [3.63, 3.8) is 0 Å². The Hall–Kier alpha value is -3.68. The molecule has 2 aliphatic rings. The molecule has 0 radical (unpaired) electrons. The van der Waals surface area contributed by atoms with E-state index in [2.05, 4.69) is 0 Å². The van der Waals surface area contributed by atoms with E-state index in [9.17, 15) is 19.8 Å². The van der Waals surface area contributed by atoms with Crippen LogP contribution < -0.4 is 16.9 Å². The minimum Gasteiger partial charge on any atom is -0.507 e. The Morgan fingerprint density at radius 1 is 0.968 bits per heavy atom. The number of rotatable bonds is 4. The number of benzene rings is 3. The fraction of sp³-hybridized carbons (Fsp3) is 0.167. The van der Waals surface area contributed by atoms with Crippen molar-refractivity contribution in [3.05, 3.63) is 74.4 Å². The fourth-order valence-electron chi connectivity index (χ4n) is 3.98. The van der Waals surface area contributed by atoms with Crippen LogP contribution in [0.1, 0.15) is 32.6 Å². The molecule has 1 aliphatic heterocycles. The van der Waals surface area contributed by atoms with Crippen LogP contribution in [0.5, 0.6) is 5.75 Å². The van der Waals surface area contributed by atoms with Gasteiger partial charge in [-0.05, 0) is 60.9 Å². The first kappa shape index (κ1) is 20.6. The Morgan fingerprint density at radius 3 is 2.29 bits per heavy atom. The lowest BCUT2D eigenvalue weighted by atomic mass is 9.87. The number of aromatic carboxylic acids is 1. The quantitative estimate of drug-likeness (QED) is 0.372. The number of fused-ring (bicyclic) bond motifs is 2. The average Bonchev–Trinajstić information content (AvgIpc) is 2.73. The van der Waals surface area contributed by atoms with Crippen LogP contribution in [0.3, 0.4) is 0 Å². The second kappa shape index (κ2) is 7.54. The van der Waals surface area contributed by atoms with Crippen molar-refractivity contribution in [2.45, 2.75) is 26.9 Å². The van der Waals surface area contributed by atoms with Crippen LogP contribution in [0.25, 0.3) is 33.4 Å². The Kier molecular flexibility index (Phi) is 5.00. The summed E-state index contributed by atoms with van der Waals surface area (Å²) in [5.41, 5.74) is 15.9. The molecule has 0 atom stereocenters. The smallest absolute Gasteiger partial charge is 0.336 e. The number of nitrogens with two attached hydrogens (primary N) is 2. The molecule has 0 spiro atoms. The molecule has 158 valence electrons. The zero-order valence-corrected chi connectivity index (χ0v) is 17.2. The van der Waals surface area contributed by atoms with Gasteiger partial charge in [0.15, 0.2) is 5.43 Å². The van der Waals surface area contributed by atoms with Crippen LogP contribution in [0.15, 0.2) is 45.6 Å². The molecule has 1 aliphatic carbocycles. The van der Waals surface area contributed by atoms with Gasteiger partial charge in [0.1, 0.15) is 17.1 Å². The van der Waals surface area contributed by atoms with Crippen LogP contribution in [0.4, 0.5) is 0 Å². The summed E-state index contributed by atoms with van der Waals surface area (Å²) in [6.07, 6.45) is 0. The van der Waals surface area contributed by atoms with Gasteiger partial charge >= 0.3 is 5.97 Å². The summed E-state index contributed by atoms with van der Waals surface area (Å²) in [4.78, 5) is 24.6. The van der Waals surface area contributed by atoms with Crippen LogP contribution in [-0.2, 0) is 13.1 Å². The van der Waals surface area contributed by atoms with Crippen molar-refractivity contribution < 1.29 is 19.4 Å².